The maximum absolute atomic E-state index is 13.7. The van der Waals surface area contributed by atoms with Gasteiger partial charge in [0.2, 0.25) is 11.8 Å². The summed E-state index contributed by atoms with van der Waals surface area (Å²) < 4.78 is 19.1. The van der Waals surface area contributed by atoms with Crippen molar-refractivity contribution in [1.82, 2.24) is 9.80 Å². The van der Waals surface area contributed by atoms with E-state index >= 15 is 0 Å². The van der Waals surface area contributed by atoms with Crippen LogP contribution >= 0.6 is 0 Å². The van der Waals surface area contributed by atoms with Crippen LogP contribution in [-0.2, 0) is 22.4 Å². The molecular weight excluding hydrogens is 371 g/mol. The van der Waals surface area contributed by atoms with E-state index < -0.39 is 0 Å². The summed E-state index contributed by atoms with van der Waals surface area (Å²) >= 11 is 0. The third-order valence-electron chi connectivity index (χ3n) is 5.14. The van der Waals surface area contributed by atoms with E-state index in [4.69, 9.17) is 4.74 Å². The molecule has 0 spiro atoms. The Morgan fingerprint density at radius 2 is 1.55 bits per heavy atom. The number of ether oxygens (including phenoxy) is 1. The Labute approximate surface area is 171 Å². The normalized spacial score (nSPS) is 14.0. The van der Waals surface area contributed by atoms with Gasteiger partial charge in [-0.05, 0) is 42.7 Å². The average molecular weight is 398 g/mol. The van der Waals surface area contributed by atoms with Gasteiger partial charge in [-0.15, -0.1) is 0 Å². The third kappa shape index (κ3) is 5.79. The summed E-state index contributed by atoms with van der Waals surface area (Å²) in [5, 5.41) is 0. The monoisotopic (exact) mass is 398 g/mol. The first-order valence-corrected chi connectivity index (χ1v) is 10.1. The number of nitrogens with zero attached hydrogens (tertiary/aromatic N) is 2. The molecule has 2 aromatic carbocycles. The van der Waals surface area contributed by atoms with E-state index in [9.17, 15) is 14.0 Å². The molecule has 0 bridgehead atoms. The van der Waals surface area contributed by atoms with Crippen LogP contribution < -0.4 is 4.74 Å². The molecule has 1 heterocycles. The first kappa shape index (κ1) is 20.8. The van der Waals surface area contributed by atoms with Gasteiger partial charge in [-0.3, -0.25) is 9.59 Å². The number of carbonyl (C=O) groups excluding carboxylic acids is 2. The van der Waals surface area contributed by atoms with Crippen molar-refractivity contribution in [2.75, 3.05) is 32.8 Å². The quantitative estimate of drug-likeness (QED) is 0.720. The fraction of sp³-hybridized carbons (Fsp3) is 0.391. The largest absolute Gasteiger partial charge is 0.494 e. The van der Waals surface area contributed by atoms with Crippen LogP contribution in [0.2, 0.25) is 0 Å². The summed E-state index contributed by atoms with van der Waals surface area (Å²) in [6.07, 6.45) is 1.01. The minimum absolute atomic E-state index is 0.00636. The summed E-state index contributed by atoms with van der Waals surface area (Å²) in [6, 6.07) is 14.1. The number of benzene rings is 2. The molecule has 0 atom stereocenters. The zero-order valence-corrected chi connectivity index (χ0v) is 16.8. The molecule has 2 amide bonds. The SMILES string of the molecule is CCOc1ccc(CC(=O)N2CCN(C(=O)CCc3ccccc3F)CC2)cc1. The van der Waals surface area contributed by atoms with Crippen molar-refractivity contribution < 1.29 is 18.7 Å². The van der Waals surface area contributed by atoms with Gasteiger partial charge < -0.3 is 14.5 Å². The Kier molecular flexibility index (Phi) is 7.22. The van der Waals surface area contributed by atoms with Crippen molar-refractivity contribution in [2.45, 2.75) is 26.2 Å². The molecule has 0 aliphatic carbocycles. The van der Waals surface area contributed by atoms with Crippen LogP contribution in [0.1, 0.15) is 24.5 Å². The van der Waals surface area contributed by atoms with E-state index in [2.05, 4.69) is 0 Å². The highest BCUT2D eigenvalue weighted by atomic mass is 19.1. The van der Waals surface area contributed by atoms with Crippen LogP contribution in [0.3, 0.4) is 0 Å². The van der Waals surface area contributed by atoms with E-state index in [1.165, 1.54) is 6.07 Å². The topological polar surface area (TPSA) is 49.9 Å². The highest BCUT2D eigenvalue weighted by Gasteiger charge is 2.24. The number of hydrogen-bond acceptors (Lipinski definition) is 3. The van der Waals surface area contributed by atoms with Crippen LogP contribution in [0.4, 0.5) is 4.39 Å². The first-order valence-electron chi connectivity index (χ1n) is 10.1. The van der Waals surface area contributed by atoms with Gasteiger partial charge >= 0.3 is 0 Å². The lowest BCUT2D eigenvalue weighted by molar-refractivity contribution is -0.139. The molecule has 6 heteroatoms. The fourth-order valence-corrected chi connectivity index (χ4v) is 3.46. The molecule has 1 saturated heterocycles. The molecule has 3 rings (SSSR count). The van der Waals surface area contributed by atoms with E-state index in [0.717, 1.165) is 11.3 Å². The van der Waals surface area contributed by atoms with Gasteiger partial charge in [0.05, 0.1) is 13.0 Å². The van der Waals surface area contributed by atoms with Crippen LogP contribution in [-0.4, -0.2) is 54.4 Å². The second-order valence-electron chi connectivity index (χ2n) is 7.11. The van der Waals surface area contributed by atoms with E-state index in [1.807, 2.05) is 31.2 Å². The predicted octanol–water partition coefficient (Wildman–Crippen LogP) is 3.07. The highest BCUT2D eigenvalue weighted by Crippen LogP contribution is 2.15. The van der Waals surface area contributed by atoms with Crippen LogP contribution in [0.5, 0.6) is 5.75 Å². The second-order valence-corrected chi connectivity index (χ2v) is 7.11. The lowest BCUT2D eigenvalue weighted by Gasteiger charge is -2.35. The zero-order chi connectivity index (χ0) is 20.6. The second kappa shape index (κ2) is 10.0. The van der Waals surface area contributed by atoms with Crippen molar-refractivity contribution in [3.05, 3.63) is 65.5 Å². The van der Waals surface area contributed by atoms with Gasteiger partial charge in [-0.1, -0.05) is 30.3 Å². The molecule has 154 valence electrons. The van der Waals surface area contributed by atoms with E-state index in [0.29, 0.717) is 51.2 Å². The van der Waals surface area contributed by atoms with E-state index in [-0.39, 0.29) is 24.1 Å². The summed E-state index contributed by atoms with van der Waals surface area (Å²) in [6.45, 7) is 4.64. The Morgan fingerprint density at radius 3 is 2.17 bits per heavy atom. The Bertz CT molecular complexity index is 830. The summed E-state index contributed by atoms with van der Waals surface area (Å²) in [5.74, 6) is 0.593. The summed E-state index contributed by atoms with van der Waals surface area (Å²) in [7, 11) is 0. The smallest absolute Gasteiger partial charge is 0.227 e. The first-order chi connectivity index (χ1) is 14.1. The molecule has 1 aliphatic heterocycles. The molecule has 0 saturated carbocycles. The van der Waals surface area contributed by atoms with Crippen LogP contribution in [0.25, 0.3) is 0 Å². The van der Waals surface area contributed by atoms with Crippen molar-refractivity contribution >= 4 is 11.8 Å². The van der Waals surface area contributed by atoms with Gasteiger partial charge in [0, 0.05) is 32.6 Å². The van der Waals surface area contributed by atoms with E-state index in [1.54, 1.807) is 28.0 Å². The number of piperazine rings is 1. The van der Waals surface area contributed by atoms with Gasteiger partial charge in [-0.25, -0.2) is 4.39 Å². The highest BCUT2D eigenvalue weighted by molar-refractivity contribution is 5.80. The predicted molar refractivity (Wildman–Crippen MR) is 109 cm³/mol. The third-order valence-corrected chi connectivity index (χ3v) is 5.14. The fourth-order valence-electron chi connectivity index (χ4n) is 3.46. The number of amides is 2. The van der Waals surface area contributed by atoms with Crippen molar-refractivity contribution in [3.63, 3.8) is 0 Å². The minimum Gasteiger partial charge on any atom is -0.494 e. The summed E-state index contributed by atoms with van der Waals surface area (Å²) in [4.78, 5) is 28.5. The minimum atomic E-state index is -0.273. The molecule has 0 N–H and O–H groups in total. The lowest BCUT2D eigenvalue weighted by Crippen LogP contribution is -2.51. The maximum atomic E-state index is 13.7. The summed E-state index contributed by atoms with van der Waals surface area (Å²) in [5.41, 5.74) is 1.51. The number of halogens is 1. The molecule has 0 aromatic heterocycles. The number of rotatable bonds is 7. The van der Waals surface area contributed by atoms with Gasteiger partial charge in [0.25, 0.3) is 0 Å². The van der Waals surface area contributed by atoms with Gasteiger partial charge in [0.1, 0.15) is 11.6 Å². The average Bonchev–Trinajstić information content (AvgIpc) is 2.74. The molecular formula is C23H27FN2O3. The number of carbonyl (C=O) groups is 2. The Morgan fingerprint density at radius 1 is 0.931 bits per heavy atom. The molecule has 29 heavy (non-hydrogen) atoms. The molecule has 0 radical (unpaired) electrons. The Hall–Kier alpha value is -2.89. The van der Waals surface area contributed by atoms with Crippen LogP contribution in [0, 0.1) is 5.82 Å². The van der Waals surface area contributed by atoms with Crippen molar-refractivity contribution in [2.24, 2.45) is 0 Å². The maximum Gasteiger partial charge on any atom is 0.227 e. The van der Waals surface area contributed by atoms with Gasteiger partial charge in [0.15, 0.2) is 0 Å². The van der Waals surface area contributed by atoms with Crippen molar-refractivity contribution in [3.8, 4) is 5.75 Å². The molecule has 1 aliphatic rings. The molecule has 2 aromatic rings. The lowest BCUT2D eigenvalue weighted by atomic mass is 10.1. The molecule has 1 fully saturated rings. The zero-order valence-electron chi connectivity index (χ0n) is 16.8. The van der Waals surface area contributed by atoms with Gasteiger partial charge in [-0.2, -0.15) is 0 Å². The number of aryl methyl sites for hydroxylation is 1. The standard InChI is InChI=1S/C23H27FN2O3/c1-2-29-20-10-7-18(8-11-20)17-23(28)26-15-13-25(14-16-26)22(27)12-9-19-5-3-4-6-21(19)24/h3-8,10-11H,2,9,12-17H2,1H3. The molecule has 0 unspecified atom stereocenters. The number of hydrogen-bond donors (Lipinski definition) is 0. The van der Waals surface area contributed by atoms with Crippen LogP contribution in [0.15, 0.2) is 48.5 Å². The van der Waals surface area contributed by atoms with Crippen molar-refractivity contribution in [1.29, 1.82) is 0 Å². The Balaban J connectivity index is 1.43. The molecule has 5 nitrogen and oxygen atoms in total.